The minimum Gasteiger partial charge on any atom is -0.357 e. The van der Waals surface area contributed by atoms with E-state index in [0.717, 1.165) is 19.3 Å². The predicted octanol–water partition coefficient (Wildman–Crippen LogP) is 3.82. The lowest BCUT2D eigenvalue weighted by molar-refractivity contribution is -0.133. The fourth-order valence-electron chi connectivity index (χ4n) is 5.18. The second-order valence-electron chi connectivity index (χ2n) is 12.4. The molecule has 262 valence electrons. The lowest BCUT2D eigenvalue weighted by atomic mass is 9.97. The van der Waals surface area contributed by atoms with E-state index in [2.05, 4.69) is 43.5 Å². The Balaban J connectivity index is 2.38. The van der Waals surface area contributed by atoms with E-state index >= 15 is 0 Å². The van der Waals surface area contributed by atoms with Crippen molar-refractivity contribution in [3.63, 3.8) is 0 Å². The average molecular weight is 648 g/mol. The van der Waals surface area contributed by atoms with Gasteiger partial charge in [0.05, 0.1) is 18.6 Å². The number of likely N-dealkylation sites (N-methyl/N-ethyl adjacent to an activating group) is 1. The van der Waals surface area contributed by atoms with Crippen LogP contribution in [0.5, 0.6) is 0 Å². The van der Waals surface area contributed by atoms with Gasteiger partial charge in [0, 0.05) is 26.1 Å². The quantitative estimate of drug-likeness (QED) is 0.0834. The van der Waals surface area contributed by atoms with Crippen LogP contribution in [-0.2, 0) is 30.4 Å². The van der Waals surface area contributed by atoms with Crippen LogP contribution in [-0.4, -0.2) is 71.2 Å². The molecule has 46 heavy (non-hydrogen) atoms. The zero-order chi connectivity index (χ0) is 34.2. The van der Waals surface area contributed by atoms with Gasteiger partial charge >= 0.3 is 0 Å². The third-order valence-electron chi connectivity index (χ3n) is 8.36. The third kappa shape index (κ3) is 17.9. The van der Waals surface area contributed by atoms with Crippen LogP contribution in [0.25, 0.3) is 0 Å². The van der Waals surface area contributed by atoms with Crippen LogP contribution in [0.1, 0.15) is 130 Å². The van der Waals surface area contributed by atoms with Gasteiger partial charge in [-0.1, -0.05) is 104 Å². The molecule has 1 aromatic rings. The van der Waals surface area contributed by atoms with Gasteiger partial charge < -0.3 is 31.6 Å². The maximum Gasteiger partial charge on any atom is 0.243 e. The van der Waals surface area contributed by atoms with Gasteiger partial charge in [0.2, 0.25) is 29.5 Å². The number of unbranched alkanes of at least 4 members (excludes halogenated alkanes) is 12. The van der Waals surface area contributed by atoms with Crippen molar-refractivity contribution in [1.29, 1.82) is 0 Å². The van der Waals surface area contributed by atoms with Crippen LogP contribution in [0, 0.1) is 5.92 Å². The van der Waals surface area contributed by atoms with Crippen molar-refractivity contribution < 1.29 is 24.0 Å². The first-order valence-electron chi connectivity index (χ1n) is 17.5. The molecule has 12 heteroatoms. The highest BCUT2D eigenvalue weighted by Crippen LogP contribution is 2.14. The molecular formula is C34H61N7O5. The second-order valence-corrected chi connectivity index (χ2v) is 12.4. The van der Waals surface area contributed by atoms with Crippen molar-refractivity contribution in [2.75, 3.05) is 13.6 Å². The standard InChI is InChI=1S/C34H61N7O5/c1-6-8-9-10-11-12-13-14-15-16-17-18-19-20-29(42)41-31(25(3)7-2)34(46)39-26(4)32(44)37-23-30(43)40-28(33(45)35-5)21-27-22-36-24-38-27/h22,24-26,28,31H,6-21,23H2,1-5H3,(H,35,45)(H,36,38)(H,37,44)(H,39,46)(H,40,43)(H,41,42)/t25-,26-,28?,31?/m0/s1. The Morgan fingerprint density at radius 3 is 1.85 bits per heavy atom. The van der Waals surface area contributed by atoms with Gasteiger partial charge in [-0.2, -0.15) is 0 Å². The molecule has 0 fully saturated rings. The van der Waals surface area contributed by atoms with Gasteiger partial charge in [-0.15, -0.1) is 0 Å². The van der Waals surface area contributed by atoms with E-state index in [0.29, 0.717) is 18.5 Å². The van der Waals surface area contributed by atoms with E-state index in [9.17, 15) is 24.0 Å². The number of nitrogens with zero attached hydrogens (tertiary/aromatic N) is 1. The summed E-state index contributed by atoms with van der Waals surface area (Å²) in [4.78, 5) is 70.0. The summed E-state index contributed by atoms with van der Waals surface area (Å²) in [5.41, 5.74) is 0.599. The maximum absolute atomic E-state index is 13.1. The molecule has 0 aliphatic rings. The molecule has 0 aliphatic heterocycles. The number of nitrogens with one attached hydrogen (secondary N) is 6. The van der Waals surface area contributed by atoms with Gasteiger partial charge in [-0.05, 0) is 19.3 Å². The molecule has 2 unspecified atom stereocenters. The molecule has 6 N–H and O–H groups in total. The summed E-state index contributed by atoms with van der Waals surface area (Å²) < 4.78 is 0. The van der Waals surface area contributed by atoms with Crippen molar-refractivity contribution in [3.8, 4) is 0 Å². The molecular weight excluding hydrogens is 586 g/mol. The smallest absolute Gasteiger partial charge is 0.243 e. The first-order valence-corrected chi connectivity index (χ1v) is 17.5. The number of hydrogen-bond donors (Lipinski definition) is 6. The van der Waals surface area contributed by atoms with E-state index in [1.54, 1.807) is 6.20 Å². The largest absolute Gasteiger partial charge is 0.357 e. The number of H-pyrrole nitrogens is 1. The monoisotopic (exact) mass is 647 g/mol. The summed E-state index contributed by atoms with van der Waals surface area (Å²) in [5, 5.41) is 13.1. The van der Waals surface area contributed by atoms with Crippen LogP contribution < -0.4 is 26.6 Å². The van der Waals surface area contributed by atoms with Crippen LogP contribution in [0.2, 0.25) is 0 Å². The van der Waals surface area contributed by atoms with Crippen molar-refractivity contribution in [3.05, 3.63) is 18.2 Å². The van der Waals surface area contributed by atoms with E-state index in [1.807, 2.05) is 13.8 Å². The van der Waals surface area contributed by atoms with Gasteiger partial charge in [0.15, 0.2) is 0 Å². The van der Waals surface area contributed by atoms with E-state index in [-0.39, 0.29) is 24.8 Å². The minimum absolute atomic E-state index is 0.132. The molecule has 0 aromatic carbocycles. The summed E-state index contributed by atoms with van der Waals surface area (Å²) in [5.74, 6) is -2.26. The molecule has 1 aromatic heterocycles. The van der Waals surface area contributed by atoms with E-state index < -0.39 is 41.8 Å². The first-order chi connectivity index (χ1) is 22.1. The summed E-state index contributed by atoms with van der Waals surface area (Å²) >= 11 is 0. The highest BCUT2D eigenvalue weighted by Gasteiger charge is 2.28. The molecule has 4 atom stereocenters. The fourth-order valence-corrected chi connectivity index (χ4v) is 5.18. The van der Waals surface area contributed by atoms with E-state index in [4.69, 9.17) is 0 Å². The Kier molecular flexibility index (Phi) is 21.8. The Morgan fingerprint density at radius 2 is 1.33 bits per heavy atom. The van der Waals surface area contributed by atoms with Crippen molar-refractivity contribution in [1.82, 2.24) is 36.6 Å². The van der Waals surface area contributed by atoms with Crippen LogP contribution in [0.3, 0.4) is 0 Å². The van der Waals surface area contributed by atoms with Gasteiger partial charge in [-0.25, -0.2) is 4.98 Å². The molecule has 0 saturated carbocycles. The third-order valence-corrected chi connectivity index (χ3v) is 8.36. The highest BCUT2D eigenvalue weighted by atomic mass is 16.2. The average Bonchev–Trinajstić information content (AvgIpc) is 3.56. The fraction of sp³-hybridized carbons (Fsp3) is 0.765. The van der Waals surface area contributed by atoms with E-state index in [1.165, 1.54) is 84.5 Å². The Morgan fingerprint density at radius 1 is 0.739 bits per heavy atom. The molecule has 1 rings (SSSR count). The summed E-state index contributed by atoms with van der Waals surface area (Å²) in [6.07, 6.45) is 20.3. The van der Waals surface area contributed by atoms with Gasteiger partial charge in [0.1, 0.15) is 18.1 Å². The molecule has 0 saturated heterocycles. The Labute approximate surface area is 276 Å². The van der Waals surface area contributed by atoms with Crippen molar-refractivity contribution in [2.45, 2.75) is 149 Å². The minimum atomic E-state index is -0.941. The molecule has 0 aliphatic carbocycles. The summed E-state index contributed by atoms with van der Waals surface area (Å²) in [6, 6.07) is -2.58. The molecule has 1 heterocycles. The molecule has 12 nitrogen and oxygen atoms in total. The number of aromatic amines is 1. The molecule has 0 bridgehead atoms. The summed E-state index contributed by atoms with van der Waals surface area (Å²) in [7, 11) is 1.47. The SMILES string of the molecule is CCCCCCCCCCCCCCCC(=O)NC(C(=O)N[C@@H](C)C(=O)NCC(=O)NC(Cc1c[nH]cn1)C(=O)NC)[C@@H](C)CC. The Bertz CT molecular complexity index is 1020. The highest BCUT2D eigenvalue weighted by molar-refractivity contribution is 5.94. The molecule has 0 radical (unpaired) electrons. The summed E-state index contributed by atoms with van der Waals surface area (Å²) in [6.45, 7) is 7.21. The second kappa shape index (κ2) is 24.7. The normalized spacial score (nSPS) is 13.6. The van der Waals surface area contributed by atoms with Gasteiger partial charge in [-0.3, -0.25) is 24.0 Å². The molecule has 0 spiro atoms. The number of aromatic nitrogens is 2. The lowest BCUT2D eigenvalue weighted by Crippen LogP contribution is -2.55. The molecule has 5 amide bonds. The number of imidazole rings is 1. The number of carbonyl (C=O) groups is 5. The van der Waals surface area contributed by atoms with Crippen LogP contribution in [0.15, 0.2) is 12.5 Å². The topological polar surface area (TPSA) is 174 Å². The van der Waals surface area contributed by atoms with Crippen molar-refractivity contribution in [2.24, 2.45) is 5.92 Å². The zero-order valence-electron chi connectivity index (χ0n) is 29.0. The Hall–Kier alpha value is -3.44. The van der Waals surface area contributed by atoms with Crippen molar-refractivity contribution >= 4 is 29.5 Å². The number of carbonyl (C=O) groups excluding carboxylic acids is 5. The van der Waals surface area contributed by atoms with Crippen LogP contribution in [0.4, 0.5) is 0 Å². The van der Waals surface area contributed by atoms with Crippen LogP contribution >= 0.6 is 0 Å². The number of rotatable bonds is 26. The maximum atomic E-state index is 13.1. The number of amides is 5. The zero-order valence-corrected chi connectivity index (χ0v) is 29.0. The predicted molar refractivity (Wildman–Crippen MR) is 181 cm³/mol. The first kappa shape index (κ1) is 40.6. The van der Waals surface area contributed by atoms with Gasteiger partial charge in [0.25, 0.3) is 0 Å². The number of hydrogen-bond acceptors (Lipinski definition) is 6. The lowest BCUT2D eigenvalue weighted by Gasteiger charge is -2.25.